The molecule has 0 radical (unpaired) electrons. The van der Waals surface area contributed by atoms with Crippen molar-refractivity contribution < 1.29 is 14.6 Å². The van der Waals surface area contributed by atoms with Gasteiger partial charge in [0.2, 0.25) is 0 Å². The lowest BCUT2D eigenvalue weighted by molar-refractivity contribution is 0.0460. The third-order valence-electron chi connectivity index (χ3n) is 5.22. The summed E-state index contributed by atoms with van der Waals surface area (Å²) in [5.41, 5.74) is 3.66. The maximum Gasteiger partial charge on any atom is 0.506 e. The zero-order valence-corrected chi connectivity index (χ0v) is 17.1. The molecule has 3 nitrogen and oxygen atoms in total. The molecule has 1 unspecified atom stereocenters. The summed E-state index contributed by atoms with van der Waals surface area (Å²) in [6.07, 6.45) is 9.23. The van der Waals surface area contributed by atoms with Crippen molar-refractivity contribution in [2.24, 2.45) is 0 Å². The number of hydrogen-bond donors (Lipinski definition) is 1. The zero-order chi connectivity index (χ0) is 20.0. The second-order valence-electron chi connectivity index (χ2n) is 7.47. The van der Waals surface area contributed by atoms with E-state index in [1.807, 2.05) is 24.3 Å². The van der Waals surface area contributed by atoms with Crippen LogP contribution in [0.2, 0.25) is 0 Å². The van der Waals surface area contributed by atoms with Gasteiger partial charge in [0.05, 0.1) is 0 Å². The first-order chi connectivity index (χ1) is 13.7. The summed E-state index contributed by atoms with van der Waals surface area (Å²) >= 11 is 0. The fourth-order valence-electron chi connectivity index (χ4n) is 3.70. The molecule has 2 aromatic carbocycles. The molecule has 0 spiro atoms. The molecule has 0 aliphatic carbocycles. The highest BCUT2D eigenvalue weighted by atomic mass is 16.7. The minimum atomic E-state index is -1.18. The van der Waals surface area contributed by atoms with Crippen LogP contribution in [-0.2, 0) is 17.6 Å². The standard InChI is InChI=1S/C25H34O3/c1-2-3-7-17-22-18-12-13-19-23(22)24(28-25(26)27)20-11-5-4-8-14-21-15-9-6-10-16-21/h6,9-10,12-13,15-16,18-19,24H,2-5,7-8,11,14,17,20H2,1H3,(H,26,27). The van der Waals surface area contributed by atoms with Crippen molar-refractivity contribution in [3.05, 3.63) is 71.3 Å². The predicted molar refractivity (Wildman–Crippen MR) is 115 cm³/mol. The topological polar surface area (TPSA) is 46.5 Å². The van der Waals surface area contributed by atoms with Crippen molar-refractivity contribution in [2.75, 3.05) is 0 Å². The molecule has 2 rings (SSSR count). The second kappa shape index (κ2) is 13.0. The molecule has 0 aromatic heterocycles. The van der Waals surface area contributed by atoms with E-state index in [0.717, 1.165) is 50.5 Å². The normalized spacial score (nSPS) is 11.9. The van der Waals surface area contributed by atoms with Gasteiger partial charge in [-0.3, -0.25) is 0 Å². The lowest BCUT2D eigenvalue weighted by Crippen LogP contribution is -2.11. The van der Waals surface area contributed by atoms with Crippen molar-refractivity contribution in [3.8, 4) is 0 Å². The van der Waals surface area contributed by atoms with Gasteiger partial charge in [-0.05, 0) is 55.2 Å². The Balaban J connectivity index is 1.83. The summed E-state index contributed by atoms with van der Waals surface area (Å²) in [7, 11) is 0. The van der Waals surface area contributed by atoms with Crippen molar-refractivity contribution in [1.29, 1.82) is 0 Å². The van der Waals surface area contributed by atoms with Crippen molar-refractivity contribution in [2.45, 2.75) is 77.2 Å². The first-order valence-electron chi connectivity index (χ1n) is 10.7. The molecular formula is C25H34O3. The molecule has 1 N–H and O–H groups in total. The third kappa shape index (κ3) is 8.16. The number of benzene rings is 2. The Kier molecular flexibility index (Phi) is 10.2. The van der Waals surface area contributed by atoms with Crippen LogP contribution in [0.4, 0.5) is 4.79 Å². The Bertz CT molecular complexity index is 681. The fourth-order valence-corrected chi connectivity index (χ4v) is 3.70. The Morgan fingerprint density at radius 3 is 2.29 bits per heavy atom. The van der Waals surface area contributed by atoms with Gasteiger partial charge < -0.3 is 9.84 Å². The van der Waals surface area contributed by atoms with Crippen molar-refractivity contribution in [1.82, 2.24) is 0 Å². The SMILES string of the molecule is CCCCCc1ccccc1C(CCCCCCc1ccccc1)OC(=O)O. The van der Waals surface area contributed by atoms with Crippen LogP contribution < -0.4 is 0 Å². The van der Waals surface area contributed by atoms with Crippen LogP contribution in [0, 0.1) is 0 Å². The molecule has 0 aliphatic heterocycles. The van der Waals surface area contributed by atoms with Gasteiger partial charge in [0.1, 0.15) is 6.10 Å². The molecule has 152 valence electrons. The minimum Gasteiger partial charge on any atom is -0.450 e. The highest BCUT2D eigenvalue weighted by Gasteiger charge is 2.18. The summed E-state index contributed by atoms with van der Waals surface area (Å²) < 4.78 is 5.28. The zero-order valence-electron chi connectivity index (χ0n) is 17.1. The molecular weight excluding hydrogens is 348 g/mol. The van der Waals surface area contributed by atoms with E-state index in [9.17, 15) is 9.90 Å². The van der Waals surface area contributed by atoms with Gasteiger partial charge in [-0.1, -0.05) is 87.2 Å². The number of carboxylic acid groups (broad SMARTS) is 1. The molecule has 0 heterocycles. The third-order valence-corrected chi connectivity index (χ3v) is 5.22. The lowest BCUT2D eigenvalue weighted by Gasteiger charge is -2.20. The average molecular weight is 383 g/mol. The smallest absolute Gasteiger partial charge is 0.450 e. The molecule has 1 atom stereocenters. The molecule has 0 fully saturated rings. The van der Waals surface area contributed by atoms with E-state index in [-0.39, 0.29) is 6.10 Å². The van der Waals surface area contributed by atoms with Crippen LogP contribution >= 0.6 is 0 Å². The number of carbonyl (C=O) groups is 1. The molecule has 2 aromatic rings. The Morgan fingerprint density at radius 2 is 1.54 bits per heavy atom. The molecule has 0 saturated heterocycles. The minimum absolute atomic E-state index is 0.357. The van der Waals surface area contributed by atoms with E-state index in [1.165, 1.54) is 30.4 Å². The second-order valence-corrected chi connectivity index (χ2v) is 7.47. The van der Waals surface area contributed by atoms with Gasteiger partial charge in [0, 0.05) is 0 Å². The van der Waals surface area contributed by atoms with Crippen LogP contribution in [0.15, 0.2) is 54.6 Å². The summed E-state index contributed by atoms with van der Waals surface area (Å²) in [4.78, 5) is 11.2. The number of aryl methyl sites for hydroxylation is 2. The average Bonchev–Trinajstić information content (AvgIpc) is 2.71. The molecule has 3 heteroatoms. The van der Waals surface area contributed by atoms with Gasteiger partial charge in [0.15, 0.2) is 0 Å². The summed E-state index contributed by atoms with van der Waals surface area (Å²) in [6.45, 7) is 2.19. The highest BCUT2D eigenvalue weighted by molar-refractivity contribution is 5.57. The van der Waals surface area contributed by atoms with Gasteiger partial charge >= 0.3 is 6.16 Å². The number of rotatable bonds is 13. The van der Waals surface area contributed by atoms with E-state index in [0.29, 0.717) is 0 Å². The van der Waals surface area contributed by atoms with Gasteiger partial charge in [-0.2, -0.15) is 0 Å². The quantitative estimate of drug-likeness (QED) is 0.291. The van der Waals surface area contributed by atoms with E-state index in [2.05, 4.69) is 37.3 Å². The van der Waals surface area contributed by atoms with E-state index in [1.54, 1.807) is 0 Å². The molecule has 0 aliphatic rings. The fraction of sp³-hybridized carbons (Fsp3) is 0.480. The highest BCUT2D eigenvalue weighted by Crippen LogP contribution is 2.28. The Hall–Kier alpha value is -2.29. The maximum atomic E-state index is 11.2. The van der Waals surface area contributed by atoms with Crippen LogP contribution in [0.1, 0.15) is 81.1 Å². The summed E-state index contributed by atoms with van der Waals surface area (Å²) in [6, 6.07) is 18.7. The molecule has 0 saturated carbocycles. The van der Waals surface area contributed by atoms with Crippen LogP contribution in [0.25, 0.3) is 0 Å². The molecule has 28 heavy (non-hydrogen) atoms. The number of unbranched alkanes of at least 4 members (excludes halogenated alkanes) is 5. The molecule has 0 amide bonds. The van der Waals surface area contributed by atoms with Crippen LogP contribution in [-0.4, -0.2) is 11.3 Å². The van der Waals surface area contributed by atoms with Crippen molar-refractivity contribution >= 4 is 6.16 Å². The van der Waals surface area contributed by atoms with E-state index in [4.69, 9.17) is 4.74 Å². The van der Waals surface area contributed by atoms with Crippen LogP contribution in [0.3, 0.4) is 0 Å². The van der Waals surface area contributed by atoms with Gasteiger partial charge in [0.25, 0.3) is 0 Å². The van der Waals surface area contributed by atoms with Crippen LogP contribution in [0.5, 0.6) is 0 Å². The number of hydrogen-bond acceptors (Lipinski definition) is 2. The molecule has 0 bridgehead atoms. The Morgan fingerprint density at radius 1 is 0.857 bits per heavy atom. The number of ether oxygens (including phenoxy) is 1. The van der Waals surface area contributed by atoms with Gasteiger partial charge in [-0.15, -0.1) is 0 Å². The lowest BCUT2D eigenvalue weighted by atomic mass is 9.94. The summed E-state index contributed by atoms with van der Waals surface area (Å²) in [5, 5.41) is 9.19. The maximum absolute atomic E-state index is 11.2. The Labute approximate surface area is 169 Å². The monoisotopic (exact) mass is 382 g/mol. The largest absolute Gasteiger partial charge is 0.506 e. The first-order valence-corrected chi connectivity index (χ1v) is 10.7. The van der Waals surface area contributed by atoms with E-state index >= 15 is 0 Å². The predicted octanol–water partition coefficient (Wildman–Crippen LogP) is 7.35. The van der Waals surface area contributed by atoms with E-state index < -0.39 is 6.16 Å². The van der Waals surface area contributed by atoms with Crippen molar-refractivity contribution in [3.63, 3.8) is 0 Å². The van der Waals surface area contributed by atoms with Gasteiger partial charge in [-0.25, -0.2) is 4.79 Å². The summed E-state index contributed by atoms with van der Waals surface area (Å²) in [5.74, 6) is 0. The first kappa shape index (κ1) is 22.0.